The molecule has 0 unspecified atom stereocenters. The number of nitriles is 1. The standard InChI is InChI=1S/C15H13N5O2/c16-6-5-14(21)20-12-3-1-11(2-4-12)9-19-15(22)13-10-17-7-8-18-13/h1-4,7-8,10H,5,9H2,(H,19,22)(H,20,21). The minimum absolute atomic E-state index is 0.185. The van der Waals surface area contributed by atoms with Crippen molar-refractivity contribution in [2.45, 2.75) is 13.0 Å². The van der Waals surface area contributed by atoms with Gasteiger partial charge in [0.25, 0.3) is 5.91 Å². The van der Waals surface area contributed by atoms with Crippen molar-refractivity contribution in [1.82, 2.24) is 15.3 Å². The Labute approximate surface area is 127 Å². The minimum Gasteiger partial charge on any atom is -0.347 e. The molecule has 1 heterocycles. The van der Waals surface area contributed by atoms with E-state index in [0.29, 0.717) is 12.2 Å². The van der Waals surface area contributed by atoms with Gasteiger partial charge in [-0.3, -0.25) is 14.6 Å². The molecular weight excluding hydrogens is 282 g/mol. The Hall–Kier alpha value is -3.27. The van der Waals surface area contributed by atoms with Crippen molar-refractivity contribution >= 4 is 17.5 Å². The predicted molar refractivity (Wildman–Crippen MR) is 78.5 cm³/mol. The first-order chi connectivity index (χ1) is 10.7. The largest absolute Gasteiger partial charge is 0.347 e. The van der Waals surface area contributed by atoms with E-state index in [1.54, 1.807) is 30.3 Å². The molecular formula is C15H13N5O2. The van der Waals surface area contributed by atoms with E-state index in [4.69, 9.17) is 5.26 Å². The zero-order valence-electron chi connectivity index (χ0n) is 11.6. The van der Waals surface area contributed by atoms with Crippen LogP contribution in [0.3, 0.4) is 0 Å². The van der Waals surface area contributed by atoms with E-state index in [9.17, 15) is 9.59 Å². The fraction of sp³-hybridized carbons (Fsp3) is 0.133. The van der Waals surface area contributed by atoms with E-state index in [0.717, 1.165) is 5.56 Å². The third-order valence-corrected chi connectivity index (χ3v) is 2.73. The number of hydrogen-bond acceptors (Lipinski definition) is 5. The van der Waals surface area contributed by atoms with Gasteiger partial charge in [0.2, 0.25) is 5.91 Å². The van der Waals surface area contributed by atoms with Gasteiger partial charge in [0.05, 0.1) is 12.3 Å². The first-order valence-corrected chi connectivity index (χ1v) is 6.49. The number of anilines is 1. The number of aromatic nitrogens is 2. The Kier molecular flexibility index (Phi) is 5.15. The van der Waals surface area contributed by atoms with Crippen molar-refractivity contribution in [2.24, 2.45) is 0 Å². The molecule has 2 rings (SSSR count). The van der Waals surface area contributed by atoms with Crippen LogP contribution in [-0.2, 0) is 11.3 Å². The molecule has 0 aliphatic heterocycles. The smallest absolute Gasteiger partial charge is 0.271 e. The van der Waals surface area contributed by atoms with Crippen molar-refractivity contribution in [3.8, 4) is 6.07 Å². The third kappa shape index (κ3) is 4.38. The molecule has 1 aromatic heterocycles. The lowest BCUT2D eigenvalue weighted by molar-refractivity contribution is -0.115. The maximum Gasteiger partial charge on any atom is 0.271 e. The maximum atomic E-state index is 11.8. The van der Waals surface area contributed by atoms with Crippen LogP contribution in [0, 0.1) is 11.3 Å². The molecule has 2 amide bonds. The minimum atomic E-state index is -0.355. The number of rotatable bonds is 5. The molecule has 2 aromatic rings. The molecule has 0 saturated carbocycles. The van der Waals surface area contributed by atoms with Crippen LogP contribution in [0.25, 0.3) is 0 Å². The number of carbonyl (C=O) groups is 2. The summed E-state index contributed by atoms with van der Waals surface area (Å²) in [6.45, 7) is 0.335. The summed E-state index contributed by atoms with van der Waals surface area (Å²) < 4.78 is 0. The first kappa shape index (κ1) is 15.1. The van der Waals surface area contributed by atoms with Crippen LogP contribution in [0.2, 0.25) is 0 Å². The number of benzene rings is 1. The molecule has 22 heavy (non-hydrogen) atoms. The summed E-state index contributed by atoms with van der Waals surface area (Å²) in [7, 11) is 0. The van der Waals surface area contributed by atoms with Gasteiger partial charge in [-0.25, -0.2) is 4.98 Å². The molecule has 0 aliphatic rings. The molecule has 7 nitrogen and oxygen atoms in total. The number of nitrogens with one attached hydrogen (secondary N) is 2. The van der Waals surface area contributed by atoms with Gasteiger partial charge in [-0.2, -0.15) is 5.26 Å². The van der Waals surface area contributed by atoms with E-state index < -0.39 is 0 Å². The lowest BCUT2D eigenvalue weighted by atomic mass is 10.2. The Morgan fingerprint density at radius 1 is 1.18 bits per heavy atom. The monoisotopic (exact) mass is 295 g/mol. The topological polar surface area (TPSA) is 108 Å². The SMILES string of the molecule is N#CCC(=O)Nc1ccc(CNC(=O)c2cnccn2)cc1. The van der Waals surface area contributed by atoms with Crippen LogP contribution in [-0.4, -0.2) is 21.8 Å². The average molecular weight is 295 g/mol. The van der Waals surface area contributed by atoms with E-state index in [1.807, 2.05) is 0 Å². The third-order valence-electron chi connectivity index (χ3n) is 2.73. The number of hydrogen-bond donors (Lipinski definition) is 2. The van der Waals surface area contributed by atoms with Crippen molar-refractivity contribution in [2.75, 3.05) is 5.32 Å². The van der Waals surface area contributed by atoms with Crippen molar-refractivity contribution < 1.29 is 9.59 Å². The number of amides is 2. The highest BCUT2D eigenvalue weighted by Crippen LogP contribution is 2.10. The second-order valence-corrected chi connectivity index (χ2v) is 4.35. The van der Waals surface area contributed by atoms with Gasteiger partial charge >= 0.3 is 0 Å². The molecule has 0 radical (unpaired) electrons. The van der Waals surface area contributed by atoms with Gasteiger partial charge in [0.1, 0.15) is 12.1 Å². The average Bonchev–Trinajstić information content (AvgIpc) is 2.55. The normalized spacial score (nSPS) is 9.59. The summed E-state index contributed by atoms with van der Waals surface area (Å²) in [6.07, 6.45) is 4.16. The highest BCUT2D eigenvalue weighted by molar-refractivity contribution is 5.92. The summed E-state index contributed by atoms with van der Waals surface area (Å²) in [6, 6.07) is 8.75. The second-order valence-electron chi connectivity index (χ2n) is 4.35. The van der Waals surface area contributed by atoms with Gasteiger partial charge in [-0.1, -0.05) is 12.1 Å². The van der Waals surface area contributed by atoms with E-state index in [1.165, 1.54) is 18.6 Å². The summed E-state index contributed by atoms with van der Waals surface area (Å²) in [5.74, 6) is -0.661. The van der Waals surface area contributed by atoms with Gasteiger partial charge in [0, 0.05) is 24.6 Å². The predicted octanol–water partition coefficient (Wildman–Crippen LogP) is 1.26. The van der Waals surface area contributed by atoms with E-state index >= 15 is 0 Å². The van der Waals surface area contributed by atoms with Gasteiger partial charge in [-0.05, 0) is 17.7 Å². The highest BCUT2D eigenvalue weighted by Gasteiger charge is 2.06. The summed E-state index contributed by atoms with van der Waals surface area (Å²) in [5.41, 5.74) is 1.72. The van der Waals surface area contributed by atoms with Crippen LogP contribution in [0.5, 0.6) is 0 Å². The molecule has 0 fully saturated rings. The molecule has 0 atom stereocenters. The number of carbonyl (C=O) groups excluding carboxylic acids is 2. The van der Waals surface area contributed by atoms with Crippen molar-refractivity contribution in [3.05, 3.63) is 54.1 Å². The molecule has 0 bridgehead atoms. The molecule has 110 valence electrons. The Bertz CT molecular complexity index is 692. The van der Waals surface area contributed by atoms with Crippen LogP contribution < -0.4 is 10.6 Å². The second kappa shape index (κ2) is 7.50. The zero-order chi connectivity index (χ0) is 15.8. The van der Waals surface area contributed by atoms with Crippen LogP contribution in [0.1, 0.15) is 22.5 Å². The lowest BCUT2D eigenvalue weighted by Gasteiger charge is -2.06. The van der Waals surface area contributed by atoms with Gasteiger partial charge < -0.3 is 10.6 Å². The molecule has 7 heteroatoms. The van der Waals surface area contributed by atoms with Crippen LogP contribution in [0.15, 0.2) is 42.9 Å². The van der Waals surface area contributed by atoms with Crippen molar-refractivity contribution in [1.29, 1.82) is 5.26 Å². The maximum absolute atomic E-state index is 11.8. The van der Waals surface area contributed by atoms with Crippen LogP contribution >= 0.6 is 0 Å². The number of nitrogens with zero attached hydrogens (tertiary/aromatic N) is 3. The lowest BCUT2D eigenvalue weighted by Crippen LogP contribution is -2.23. The quantitative estimate of drug-likeness (QED) is 0.863. The molecule has 0 aliphatic carbocycles. The summed E-state index contributed by atoms with van der Waals surface area (Å²) >= 11 is 0. The van der Waals surface area contributed by atoms with Crippen LogP contribution in [0.4, 0.5) is 5.69 Å². The molecule has 0 spiro atoms. The van der Waals surface area contributed by atoms with Gasteiger partial charge in [0.15, 0.2) is 0 Å². The van der Waals surface area contributed by atoms with Crippen molar-refractivity contribution in [3.63, 3.8) is 0 Å². The molecule has 2 N–H and O–H groups in total. The summed E-state index contributed by atoms with van der Waals surface area (Å²) in [5, 5.41) is 13.7. The first-order valence-electron chi connectivity index (χ1n) is 6.49. The Morgan fingerprint density at radius 3 is 2.59 bits per heavy atom. The Balaban J connectivity index is 1.88. The fourth-order valence-corrected chi connectivity index (χ4v) is 1.67. The Morgan fingerprint density at radius 2 is 1.95 bits per heavy atom. The molecule has 0 saturated heterocycles. The highest BCUT2D eigenvalue weighted by atomic mass is 16.2. The molecule has 1 aromatic carbocycles. The van der Waals surface area contributed by atoms with Gasteiger partial charge in [-0.15, -0.1) is 0 Å². The van der Waals surface area contributed by atoms with E-state index in [-0.39, 0.29) is 23.9 Å². The summed E-state index contributed by atoms with van der Waals surface area (Å²) in [4.78, 5) is 30.8. The fourth-order valence-electron chi connectivity index (χ4n) is 1.67. The zero-order valence-corrected chi connectivity index (χ0v) is 11.6. The van der Waals surface area contributed by atoms with E-state index in [2.05, 4.69) is 20.6 Å².